The topological polar surface area (TPSA) is 20.3 Å². The highest BCUT2D eigenvalue weighted by atomic mass is 35.5. The van der Waals surface area contributed by atoms with Gasteiger partial charge in [-0.15, -0.1) is 11.3 Å². The molecule has 2 nitrogen and oxygen atoms in total. The summed E-state index contributed by atoms with van der Waals surface area (Å²) in [6.45, 7) is -1.19. The second-order valence-corrected chi connectivity index (χ2v) is 5.81. The summed E-state index contributed by atoms with van der Waals surface area (Å²) in [6.07, 6.45) is -2.22. The van der Waals surface area contributed by atoms with E-state index >= 15 is 0 Å². The second kappa shape index (κ2) is 5.09. The van der Waals surface area contributed by atoms with Crippen LogP contribution in [0.5, 0.6) is 0 Å². The first kappa shape index (κ1) is 13.7. The monoisotopic (exact) mass is 297 g/mol. The van der Waals surface area contributed by atoms with Crippen molar-refractivity contribution in [1.29, 1.82) is 0 Å². The quantitative estimate of drug-likeness (QED) is 0.827. The van der Waals surface area contributed by atoms with Crippen LogP contribution >= 0.6 is 22.9 Å². The molecule has 0 N–H and O–H groups in total. The molecule has 1 heterocycles. The van der Waals surface area contributed by atoms with E-state index in [2.05, 4.69) is 0 Å². The Balaban J connectivity index is 2.15. The highest BCUT2D eigenvalue weighted by molar-refractivity contribution is 7.14. The van der Waals surface area contributed by atoms with Crippen LogP contribution in [0, 0.1) is 0 Å². The zero-order valence-electron chi connectivity index (χ0n) is 9.34. The number of nitrogens with zero attached hydrogens (tertiary/aromatic N) is 1. The number of carbonyl (C=O) groups is 1. The number of alkyl halides is 3. The van der Waals surface area contributed by atoms with Gasteiger partial charge in [0.25, 0.3) is 5.91 Å². The van der Waals surface area contributed by atoms with Gasteiger partial charge >= 0.3 is 6.18 Å². The van der Waals surface area contributed by atoms with E-state index in [0.717, 1.165) is 22.7 Å². The maximum absolute atomic E-state index is 12.5. The lowest BCUT2D eigenvalue weighted by Crippen LogP contribution is -2.48. The van der Waals surface area contributed by atoms with E-state index in [1.807, 2.05) is 0 Å². The van der Waals surface area contributed by atoms with Gasteiger partial charge in [0.05, 0.1) is 9.90 Å². The fourth-order valence-corrected chi connectivity index (χ4v) is 2.70. The molecule has 7 heteroatoms. The van der Waals surface area contributed by atoms with Crippen LogP contribution in [0.1, 0.15) is 29.6 Å². The summed E-state index contributed by atoms with van der Waals surface area (Å²) < 4.78 is 37.9. The van der Waals surface area contributed by atoms with Gasteiger partial charge in [-0.1, -0.05) is 11.6 Å². The average molecular weight is 298 g/mol. The lowest BCUT2D eigenvalue weighted by atomic mass is 9.91. The van der Waals surface area contributed by atoms with E-state index in [1.54, 1.807) is 0 Å². The van der Waals surface area contributed by atoms with Gasteiger partial charge < -0.3 is 4.90 Å². The molecule has 0 aliphatic heterocycles. The molecule has 0 bridgehead atoms. The van der Waals surface area contributed by atoms with Gasteiger partial charge in [-0.2, -0.15) is 13.2 Å². The molecular weight excluding hydrogens is 287 g/mol. The molecule has 0 spiro atoms. The SMILES string of the molecule is O=C(c1csc(Cl)c1)N(CC(F)(F)F)C1CCC1. The number of halogens is 4. The zero-order valence-corrected chi connectivity index (χ0v) is 10.9. The average Bonchev–Trinajstić information content (AvgIpc) is 2.58. The summed E-state index contributed by atoms with van der Waals surface area (Å²) in [5.74, 6) is -0.583. The van der Waals surface area contributed by atoms with Gasteiger partial charge in [0.1, 0.15) is 6.54 Å². The van der Waals surface area contributed by atoms with Crippen LogP contribution in [0.4, 0.5) is 13.2 Å². The standard InChI is InChI=1S/C11H11ClF3NOS/c12-9-4-7(5-18-9)10(17)16(6-11(13,14)15)8-2-1-3-8/h4-5,8H,1-3,6H2. The van der Waals surface area contributed by atoms with E-state index in [4.69, 9.17) is 11.6 Å². The molecule has 0 atom stereocenters. The van der Waals surface area contributed by atoms with Crippen LogP contribution < -0.4 is 0 Å². The maximum Gasteiger partial charge on any atom is 0.406 e. The molecule has 18 heavy (non-hydrogen) atoms. The van der Waals surface area contributed by atoms with Crippen LogP contribution in [0.25, 0.3) is 0 Å². The smallest absolute Gasteiger partial charge is 0.327 e. The first-order chi connectivity index (χ1) is 8.37. The minimum Gasteiger partial charge on any atom is -0.327 e. The molecule has 1 amide bonds. The molecule has 1 aliphatic rings. The van der Waals surface area contributed by atoms with Gasteiger partial charge in [-0.25, -0.2) is 0 Å². The van der Waals surface area contributed by atoms with Crippen LogP contribution in [-0.2, 0) is 0 Å². The van der Waals surface area contributed by atoms with E-state index < -0.39 is 18.6 Å². The highest BCUT2D eigenvalue weighted by Gasteiger charge is 2.38. The van der Waals surface area contributed by atoms with Gasteiger partial charge in [0.2, 0.25) is 0 Å². The van der Waals surface area contributed by atoms with Crippen molar-refractivity contribution in [1.82, 2.24) is 4.90 Å². The lowest BCUT2D eigenvalue weighted by molar-refractivity contribution is -0.147. The van der Waals surface area contributed by atoms with Crippen molar-refractivity contribution in [2.24, 2.45) is 0 Å². The predicted molar refractivity (Wildman–Crippen MR) is 64.1 cm³/mol. The molecule has 0 radical (unpaired) electrons. The number of amides is 1. The van der Waals surface area contributed by atoms with E-state index in [1.165, 1.54) is 11.4 Å². The summed E-state index contributed by atoms with van der Waals surface area (Å²) >= 11 is 6.84. The molecule has 0 unspecified atom stereocenters. The Morgan fingerprint density at radius 3 is 2.56 bits per heavy atom. The third kappa shape index (κ3) is 3.17. The second-order valence-electron chi connectivity index (χ2n) is 4.27. The van der Waals surface area contributed by atoms with E-state index in [-0.39, 0.29) is 11.6 Å². The fraction of sp³-hybridized carbons (Fsp3) is 0.545. The molecule has 2 rings (SSSR count). The van der Waals surface area contributed by atoms with Crippen molar-refractivity contribution < 1.29 is 18.0 Å². The number of thiophene rings is 1. The van der Waals surface area contributed by atoms with Gasteiger partial charge in [-0.05, 0) is 25.3 Å². The summed E-state index contributed by atoms with van der Waals surface area (Å²) in [6, 6.07) is 1.12. The van der Waals surface area contributed by atoms with Crippen molar-refractivity contribution >= 4 is 28.8 Å². The molecule has 1 aliphatic carbocycles. The van der Waals surface area contributed by atoms with Gasteiger partial charge in [-0.3, -0.25) is 4.79 Å². The number of rotatable bonds is 3. The van der Waals surface area contributed by atoms with Crippen molar-refractivity contribution in [3.63, 3.8) is 0 Å². The number of carbonyl (C=O) groups excluding carboxylic acids is 1. The molecule has 1 aromatic rings. The van der Waals surface area contributed by atoms with Gasteiger partial charge in [0.15, 0.2) is 0 Å². The molecular formula is C11H11ClF3NOS. The molecule has 0 aromatic carbocycles. The third-order valence-corrected chi connectivity index (χ3v) is 4.03. The Kier molecular flexibility index (Phi) is 3.87. The molecule has 100 valence electrons. The third-order valence-electron chi connectivity index (χ3n) is 2.94. The fourth-order valence-electron chi connectivity index (χ4n) is 1.85. The minimum absolute atomic E-state index is 0.237. The minimum atomic E-state index is -4.37. The summed E-state index contributed by atoms with van der Waals surface area (Å²) in [5.41, 5.74) is 0.237. The van der Waals surface area contributed by atoms with Crippen LogP contribution in [0.3, 0.4) is 0 Å². The first-order valence-corrected chi connectivity index (χ1v) is 6.74. The first-order valence-electron chi connectivity index (χ1n) is 5.48. The summed E-state index contributed by atoms with van der Waals surface area (Å²) in [5, 5.41) is 1.49. The summed E-state index contributed by atoms with van der Waals surface area (Å²) in [7, 11) is 0. The molecule has 0 saturated heterocycles. The van der Waals surface area contributed by atoms with Crippen molar-refractivity contribution in [2.45, 2.75) is 31.5 Å². The van der Waals surface area contributed by atoms with Gasteiger partial charge in [0, 0.05) is 11.4 Å². The molecule has 1 saturated carbocycles. The normalized spacial score (nSPS) is 16.4. The van der Waals surface area contributed by atoms with E-state index in [9.17, 15) is 18.0 Å². The zero-order chi connectivity index (χ0) is 13.3. The van der Waals surface area contributed by atoms with Crippen LogP contribution in [0.15, 0.2) is 11.4 Å². The predicted octanol–water partition coefficient (Wildman–Crippen LogP) is 3.96. The van der Waals surface area contributed by atoms with Crippen molar-refractivity contribution in [3.05, 3.63) is 21.3 Å². The van der Waals surface area contributed by atoms with Crippen molar-refractivity contribution in [2.75, 3.05) is 6.54 Å². The maximum atomic E-state index is 12.5. The molecule has 1 aromatic heterocycles. The van der Waals surface area contributed by atoms with E-state index in [0.29, 0.717) is 17.2 Å². The Morgan fingerprint density at radius 2 is 2.17 bits per heavy atom. The molecule has 1 fully saturated rings. The Bertz CT molecular complexity index is 442. The van der Waals surface area contributed by atoms with Crippen LogP contribution in [0.2, 0.25) is 4.34 Å². The van der Waals surface area contributed by atoms with Crippen LogP contribution in [-0.4, -0.2) is 29.6 Å². The lowest BCUT2D eigenvalue weighted by Gasteiger charge is -2.37. The van der Waals surface area contributed by atoms with Crippen molar-refractivity contribution in [3.8, 4) is 0 Å². The highest BCUT2D eigenvalue weighted by Crippen LogP contribution is 2.30. The Labute approximate surface area is 111 Å². The number of hydrogen-bond acceptors (Lipinski definition) is 2. The largest absolute Gasteiger partial charge is 0.406 e. The Morgan fingerprint density at radius 1 is 1.50 bits per heavy atom. The summed E-state index contributed by atoms with van der Waals surface area (Å²) in [4.78, 5) is 13.0. The Hall–Kier alpha value is -0.750. The number of hydrogen-bond donors (Lipinski definition) is 0.